The van der Waals surface area contributed by atoms with Gasteiger partial charge in [-0.2, -0.15) is 0 Å². The van der Waals surface area contributed by atoms with Gasteiger partial charge in [0, 0.05) is 25.6 Å². The molecule has 92 valence electrons. The highest BCUT2D eigenvalue weighted by Gasteiger charge is 2.20. The van der Waals surface area contributed by atoms with Gasteiger partial charge in [0.15, 0.2) is 0 Å². The van der Waals surface area contributed by atoms with Crippen LogP contribution in [0.5, 0.6) is 0 Å². The Bertz CT molecular complexity index is 245. The van der Waals surface area contributed by atoms with E-state index >= 15 is 0 Å². The Morgan fingerprint density at radius 3 is 3.06 bits per heavy atom. The van der Waals surface area contributed by atoms with E-state index in [1.807, 2.05) is 0 Å². The van der Waals surface area contributed by atoms with Crippen LogP contribution in [0.25, 0.3) is 0 Å². The van der Waals surface area contributed by atoms with Crippen LogP contribution in [0.2, 0.25) is 0 Å². The molecule has 1 heterocycles. The van der Waals surface area contributed by atoms with Crippen LogP contribution in [-0.4, -0.2) is 50.8 Å². The number of ether oxygens (including phenoxy) is 2. The number of esters is 1. The zero-order chi connectivity index (χ0) is 11.8. The summed E-state index contributed by atoms with van der Waals surface area (Å²) in [6, 6.07) is 0.179. The molecule has 1 rings (SSSR count). The van der Waals surface area contributed by atoms with Gasteiger partial charge < -0.3 is 20.1 Å². The molecule has 1 atom stereocenters. The summed E-state index contributed by atoms with van der Waals surface area (Å²) in [7, 11) is 0. The van der Waals surface area contributed by atoms with Crippen molar-refractivity contribution in [1.82, 2.24) is 10.6 Å². The highest BCUT2D eigenvalue weighted by Crippen LogP contribution is 1.97. The number of rotatable bonds is 7. The average molecular weight is 230 g/mol. The first-order chi connectivity index (χ1) is 7.72. The molecule has 6 heteroatoms. The minimum absolute atomic E-state index is 0.0165. The van der Waals surface area contributed by atoms with Gasteiger partial charge in [0.1, 0.15) is 6.61 Å². The highest BCUT2D eigenvalue weighted by atomic mass is 16.6. The van der Waals surface area contributed by atoms with Gasteiger partial charge in [-0.1, -0.05) is 0 Å². The lowest BCUT2D eigenvalue weighted by atomic mass is 10.2. The Balaban J connectivity index is 1.92. The molecule has 6 nitrogen and oxygen atoms in total. The van der Waals surface area contributed by atoms with Gasteiger partial charge in [-0.25, -0.2) is 4.79 Å². The van der Waals surface area contributed by atoms with E-state index in [0.29, 0.717) is 32.7 Å². The van der Waals surface area contributed by atoms with Crippen LogP contribution in [0.3, 0.4) is 0 Å². The molecule has 0 saturated carbocycles. The summed E-state index contributed by atoms with van der Waals surface area (Å²) in [5.74, 6) is -0.273. The Kier molecular flexibility index (Phi) is 5.81. The second-order valence-corrected chi connectivity index (χ2v) is 3.52. The molecule has 0 spiro atoms. The van der Waals surface area contributed by atoms with E-state index in [0.717, 1.165) is 0 Å². The molecular weight excluding hydrogens is 212 g/mol. The fourth-order valence-electron chi connectivity index (χ4n) is 1.44. The SMILES string of the molecule is CCOC(=O)COCCNC1CNC(=O)C1. The predicted molar refractivity (Wildman–Crippen MR) is 56.9 cm³/mol. The lowest BCUT2D eigenvalue weighted by Gasteiger charge is -2.09. The highest BCUT2D eigenvalue weighted by molar-refractivity contribution is 5.78. The van der Waals surface area contributed by atoms with Crippen LogP contribution in [0.15, 0.2) is 0 Å². The Hall–Kier alpha value is -1.14. The topological polar surface area (TPSA) is 76.7 Å². The quantitative estimate of drug-likeness (QED) is 0.435. The van der Waals surface area contributed by atoms with Crippen molar-refractivity contribution in [3.8, 4) is 0 Å². The summed E-state index contributed by atoms with van der Waals surface area (Å²) >= 11 is 0. The van der Waals surface area contributed by atoms with E-state index < -0.39 is 0 Å². The normalized spacial score (nSPS) is 19.6. The van der Waals surface area contributed by atoms with Crippen LogP contribution in [0.4, 0.5) is 0 Å². The van der Waals surface area contributed by atoms with E-state index in [1.165, 1.54) is 0 Å². The molecule has 0 aromatic heterocycles. The number of hydrogen-bond acceptors (Lipinski definition) is 5. The summed E-state index contributed by atoms with van der Waals surface area (Å²) in [4.78, 5) is 21.7. The van der Waals surface area contributed by atoms with Crippen LogP contribution < -0.4 is 10.6 Å². The third kappa shape index (κ3) is 5.09. The summed E-state index contributed by atoms with van der Waals surface area (Å²) in [5, 5.41) is 5.89. The molecule has 0 aromatic rings. The van der Waals surface area contributed by atoms with E-state index in [-0.39, 0.29) is 24.5 Å². The first-order valence-corrected chi connectivity index (χ1v) is 5.45. The van der Waals surface area contributed by atoms with Gasteiger partial charge in [-0.15, -0.1) is 0 Å². The van der Waals surface area contributed by atoms with Gasteiger partial charge in [0.25, 0.3) is 0 Å². The fraction of sp³-hybridized carbons (Fsp3) is 0.800. The van der Waals surface area contributed by atoms with Crippen LogP contribution >= 0.6 is 0 Å². The zero-order valence-corrected chi connectivity index (χ0v) is 9.45. The second-order valence-electron chi connectivity index (χ2n) is 3.52. The van der Waals surface area contributed by atoms with E-state index in [2.05, 4.69) is 10.6 Å². The first kappa shape index (κ1) is 12.9. The summed E-state index contributed by atoms with van der Waals surface area (Å²) in [6.45, 7) is 3.83. The van der Waals surface area contributed by atoms with Gasteiger partial charge in [0.2, 0.25) is 5.91 Å². The van der Waals surface area contributed by atoms with Crippen molar-refractivity contribution in [2.45, 2.75) is 19.4 Å². The lowest BCUT2D eigenvalue weighted by Crippen LogP contribution is -2.33. The molecule has 1 fully saturated rings. The minimum atomic E-state index is -0.347. The molecule has 0 aromatic carbocycles. The van der Waals surface area contributed by atoms with E-state index in [4.69, 9.17) is 9.47 Å². The smallest absolute Gasteiger partial charge is 0.332 e. The standard InChI is InChI=1S/C10H18N2O4/c1-2-16-10(14)7-15-4-3-11-8-5-9(13)12-6-8/h8,11H,2-7H2,1H3,(H,12,13). The van der Waals surface area contributed by atoms with Crippen molar-refractivity contribution in [2.75, 3.05) is 32.9 Å². The monoisotopic (exact) mass is 230 g/mol. The molecule has 0 bridgehead atoms. The predicted octanol–water partition coefficient (Wildman–Crippen LogP) is -0.956. The Morgan fingerprint density at radius 1 is 1.62 bits per heavy atom. The van der Waals surface area contributed by atoms with E-state index in [9.17, 15) is 9.59 Å². The molecule has 1 amide bonds. The van der Waals surface area contributed by atoms with Crippen molar-refractivity contribution in [3.05, 3.63) is 0 Å². The summed E-state index contributed by atoms with van der Waals surface area (Å²) in [5.41, 5.74) is 0. The van der Waals surface area contributed by atoms with Crippen molar-refractivity contribution in [1.29, 1.82) is 0 Å². The molecule has 2 N–H and O–H groups in total. The summed E-state index contributed by atoms with van der Waals surface area (Å²) < 4.78 is 9.79. The third-order valence-corrected chi connectivity index (χ3v) is 2.18. The molecule has 1 saturated heterocycles. The number of hydrogen-bond donors (Lipinski definition) is 2. The number of carbonyl (C=O) groups excluding carboxylic acids is 2. The summed E-state index contributed by atoms with van der Waals surface area (Å²) in [6.07, 6.45) is 0.512. The number of amides is 1. The maximum Gasteiger partial charge on any atom is 0.332 e. The third-order valence-electron chi connectivity index (χ3n) is 2.18. The molecule has 1 aliphatic heterocycles. The molecule has 1 unspecified atom stereocenters. The Labute approximate surface area is 94.7 Å². The number of carbonyl (C=O) groups is 2. The van der Waals surface area contributed by atoms with Crippen LogP contribution in [0.1, 0.15) is 13.3 Å². The van der Waals surface area contributed by atoms with Crippen LogP contribution in [0, 0.1) is 0 Å². The molecule has 16 heavy (non-hydrogen) atoms. The number of nitrogens with one attached hydrogen (secondary N) is 2. The van der Waals surface area contributed by atoms with E-state index in [1.54, 1.807) is 6.92 Å². The Morgan fingerprint density at radius 2 is 2.44 bits per heavy atom. The van der Waals surface area contributed by atoms with Gasteiger partial charge >= 0.3 is 5.97 Å². The van der Waals surface area contributed by atoms with Crippen molar-refractivity contribution < 1.29 is 19.1 Å². The largest absolute Gasteiger partial charge is 0.464 e. The maximum atomic E-state index is 10.9. The molecular formula is C10H18N2O4. The average Bonchev–Trinajstić information content (AvgIpc) is 2.64. The minimum Gasteiger partial charge on any atom is -0.464 e. The van der Waals surface area contributed by atoms with Crippen LogP contribution in [-0.2, 0) is 19.1 Å². The van der Waals surface area contributed by atoms with Gasteiger partial charge in [-0.3, -0.25) is 4.79 Å². The molecule has 0 radical (unpaired) electrons. The second kappa shape index (κ2) is 7.19. The fourth-order valence-corrected chi connectivity index (χ4v) is 1.44. The van der Waals surface area contributed by atoms with Crippen molar-refractivity contribution >= 4 is 11.9 Å². The lowest BCUT2D eigenvalue weighted by molar-refractivity contribution is -0.148. The first-order valence-electron chi connectivity index (χ1n) is 5.45. The van der Waals surface area contributed by atoms with Crippen molar-refractivity contribution in [3.63, 3.8) is 0 Å². The molecule has 0 aliphatic carbocycles. The zero-order valence-electron chi connectivity index (χ0n) is 9.45. The maximum absolute atomic E-state index is 10.9. The molecule has 1 aliphatic rings. The van der Waals surface area contributed by atoms with Gasteiger partial charge in [-0.05, 0) is 6.92 Å². The van der Waals surface area contributed by atoms with Gasteiger partial charge in [0.05, 0.1) is 13.2 Å². The van der Waals surface area contributed by atoms with Crippen molar-refractivity contribution in [2.24, 2.45) is 0 Å².